The Hall–Kier alpha value is -6.76. The summed E-state index contributed by atoms with van der Waals surface area (Å²) >= 11 is 0. The van der Waals surface area contributed by atoms with Gasteiger partial charge in [0, 0.05) is 69.7 Å². The molecule has 380 valence electrons. The van der Waals surface area contributed by atoms with Gasteiger partial charge in [-0.15, -0.1) is 12.8 Å². The third-order valence-electron chi connectivity index (χ3n) is 11.0. The van der Waals surface area contributed by atoms with Gasteiger partial charge in [-0.25, -0.2) is 0 Å². The van der Waals surface area contributed by atoms with Crippen molar-refractivity contribution in [2.75, 3.05) is 16.3 Å². The van der Waals surface area contributed by atoms with Crippen LogP contribution in [0.25, 0.3) is 22.7 Å². The molecular weight excluding hydrogens is 859 g/mol. The molecule has 0 aliphatic carbocycles. The summed E-state index contributed by atoms with van der Waals surface area (Å²) in [4.78, 5) is 4.91. The number of terminal acetylenes is 1. The minimum atomic E-state index is 0.431. The molecule has 0 saturated heterocycles. The first-order chi connectivity index (χ1) is 34.3. The van der Waals surface area contributed by atoms with E-state index in [0.717, 1.165) is 18.5 Å². The lowest BCUT2D eigenvalue weighted by Gasteiger charge is -2.30. The Morgan fingerprint density at radius 2 is 1.28 bits per heavy atom. The van der Waals surface area contributed by atoms with E-state index >= 15 is 0 Å². The van der Waals surface area contributed by atoms with Gasteiger partial charge in [0.2, 0.25) is 0 Å². The van der Waals surface area contributed by atoms with Gasteiger partial charge in [0.15, 0.2) is 0 Å². The van der Waals surface area contributed by atoms with Crippen molar-refractivity contribution in [1.29, 1.82) is 0 Å². The van der Waals surface area contributed by atoms with Crippen LogP contribution < -0.4 is 9.80 Å². The van der Waals surface area contributed by atoms with Crippen molar-refractivity contribution in [2.24, 2.45) is 5.92 Å². The number of hydrogen-bond donors (Lipinski definition) is 0. The van der Waals surface area contributed by atoms with Crippen molar-refractivity contribution in [3.63, 3.8) is 0 Å². The lowest BCUT2D eigenvalue weighted by molar-refractivity contribution is 0.712. The molecule has 5 aromatic rings. The van der Waals surface area contributed by atoms with Crippen LogP contribution in [-0.4, -0.2) is 11.1 Å². The number of aromatic nitrogens is 1. The summed E-state index contributed by atoms with van der Waals surface area (Å²) in [6, 6.07) is 36.9. The molecular formula is C68H93N3. The van der Waals surface area contributed by atoms with Crippen molar-refractivity contribution in [1.82, 2.24) is 4.57 Å². The summed E-state index contributed by atoms with van der Waals surface area (Å²) in [5, 5.41) is 1.27. The second-order valence-corrected chi connectivity index (χ2v) is 16.8. The van der Waals surface area contributed by atoms with Gasteiger partial charge in [-0.3, -0.25) is 0 Å². The highest BCUT2D eigenvalue weighted by Crippen LogP contribution is 2.42. The fraction of sp³-hybridized carbons (Fsp3) is 0.324. The largest absolute Gasteiger partial charge is 0.343 e. The molecule has 1 unspecified atom stereocenters. The lowest BCUT2D eigenvalue weighted by Crippen LogP contribution is -2.21. The molecule has 1 aliphatic heterocycles. The minimum Gasteiger partial charge on any atom is -0.343 e. The monoisotopic (exact) mass is 952 g/mol. The summed E-state index contributed by atoms with van der Waals surface area (Å²) < 4.78 is 2.40. The van der Waals surface area contributed by atoms with Gasteiger partial charge < -0.3 is 14.4 Å². The summed E-state index contributed by atoms with van der Waals surface area (Å²) in [6.07, 6.45) is 33.4. The Morgan fingerprint density at radius 3 is 1.83 bits per heavy atom. The molecule has 6 rings (SSSR count). The van der Waals surface area contributed by atoms with E-state index in [-0.39, 0.29) is 0 Å². The number of hydrogen-bond acceptors (Lipinski definition) is 2. The molecule has 71 heavy (non-hydrogen) atoms. The van der Waals surface area contributed by atoms with E-state index in [4.69, 9.17) is 0 Å². The van der Waals surface area contributed by atoms with Gasteiger partial charge in [0.05, 0.1) is 5.52 Å². The predicted octanol–water partition coefficient (Wildman–Crippen LogP) is 20.8. The van der Waals surface area contributed by atoms with Crippen LogP contribution in [0.1, 0.15) is 140 Å². The van der Waals surface area contributed by atoms with E-state index in [1.165, 1.54) is 85.0 Å². The Balaban J connectivity index is 0.00000112. The SMILES string of the molecule is C#C.C/C=C\C.C=C(C)/C=C\c1c(CC(/C=C\C)=C(C)/C=C\C)n(/C(C)=C/C=C\C)c2ccccc12.CC.CC.CC1=C(N(c2ccccc2)c2ccccc2C)C(C)CN1c1cccc(C)c1.CCC. The van der Waals surface area contributed by atoms with Gasteiger partial charge in [-0.05, 0) is 141 Å². The van der Waals surface area contributed by atoms with Gasteiger partial charge in [-0.1, -0.05) is 195 Å². The minimum absolute atomic E-state index is 0.431. The summed E-state index contributed by atoms with van der Waals surface area (Å²) in [5.74, 6) is 0.431. The molecule has 0 bridgehead atoms. The zero-order valence-electron chi connectivity index (χ0n) is 47.6. The van der Waals surface area contributed by atoms with E-state index in [1.807, 2.05) is 67.5 Å². The Kier molecular flexibility index (Phi) is 33.6. The summed E-state index contributed by atoms with van der Waals surface area (Å²) in [5.41, 5.74) is 17.7. The number of aryl methyl sites for hydroxylation is 2. The third-order valence-corrected chi connectivity index (χ3v) is 11.0. The average Bonchev–Trinajstić information content (AvgIpc) is 3.87. The molecule has 4 aromatic carbocycles. The normalized spacial score (nSPS) is 13.5. The van der Waals surface area contributed by atoms with Crippen molar-refractivity contribution in [3.05, 3.63) is 221 Å². The van der Waals surface area contributed by atoms with Crippen LogP contribution in [0, 0.1) is 32.6 Å². The predicted molar refractivity (Wildman–Crippen MR) is 326 cm³/mol. The maximum atomic E-state index is 4.06. The molecule has 0 amide bonds. The average molecular weight is 953 g/mol. The van der Waals surface area contributed by atoms with E-state index in [0.29, 0.717) is 5.92 Å². The van der Waals surface area contributed by atoms with Crippen LogP contribution in [0.2, 0.25) is 0 Å². The first-order valence-electron chi connectivity index (χ1n) is 25.9. The molecule has 2 heterocycles. The number of rotatable bonds is 12. The Bertz CT molecular complexity index is 2570. The fourth-order valence-electron chi connectivity index (χ4n) is 7.95. The summed E-state index contributed by atoms with van der Waals surface area (Å²) in [6.45, 7) is 42.9. The zero-order chi connectivity index (χ0) is 53.9. The number of benzene rings is 4. The fourth-order valence-corrected chi connectivity index (χ4v) is 7.95. The van der Waals surface area contributed by atoms with Crippen molar-refractivity contribution < 1.29 is 0 Å². The van der Waals surface area contributed by atoms with Gasteiger partial charge in [-0.2, -0.15) is 0 Å². The first kappa shape index (κ1) is 64.2. The molecule has 0 spiro atoms. The van der Waals surface area contributed by atoms with Crippen LogP contribution in [-0.2, 0) is 6.42 Å². The second kappa shape index (κ2) is 37.1. The highest BCUT2D eigenvalue weighted by atomic mass is 15.2. The summed E-state index contributed by atoms with van der Waals surface area (Å²) in [7, 11) is 0. The van der Waals surface area contributed by atoms with Gasteiger partial charge in [0.25, 0.3) is 0 Å². The van der Waals surface area contributed by atoms with Crippen LogP contribution in [0.4, 0.5) is 17.1 Å². The van der Waals surface area contributed by atoms with Crippen molar-refractivity contribution in [2.45, 2.75) is 137 Å². The van der Waals surface area contributed by atoms with Crippen LogP contribution in [0.5, 0.6) is 0 Å². The van der Waals surface area contributed by atoms with Crippen LogP contribution in [0.15, 0.2) is 199 Å². The molecule has 0 saturated carbocycles. The standard InChI is InChI=1S/C29H35N.C26H28N2.C4H8.C3H8.2C2H6.C2H2/c1-8-11-16-24(7)30-28-18-13-12-17-26(28)27(20-19-22(4)5)29(30)21-25(15-10-3)23(6)14-9-2;1-19-11-10-15-24(17-19)27-18-21(3)26(22(27)4)28(23-13-6-5-7-14-23)25-16-9-8-12-20(25)2;1-3-4-2;1-3-2;3*1-2/h8-20H,4,21H2,1-3,5-7H3;5-17,21H,18H2,1-4H3;3-4H,1-2H3;3H2,1-2H3;2*1-2H3;1-2H/b11-8-,14-9-,15-10-,20-19-,24-16+,25-23+;;4-3-;;;;. The van der Waals surface area contributed by atoms with E-state index in [9.17, 15) is 0 Å². The van der Waals surface area contributed by atoms with Crippen molar-refractivity contribution in [3.8, 4) is 12.8 Å². The quantitative estimate of drug-likeness (QED) is 0.0701. The van der Waals surface area contributed by atoms with E-state index in [2.05, 4.69) is 261 Å². The van der Waals surface area contributed by atoms with Gasteiger partial charge >= 0.3 is 0 Å². The molecule has 3 heteroatoms. The Labute approximate surface area is 435 Å². The number of nitrogens with zero attached hydrogens (tertiary/aromatic N) is 3. The third kappa shape index (κ3) is 19.9. The van der Waals surface area contributed by atoms with Gasteiger partial charge in [0.1, 0.15) is 0 Å². The second-order valence-electron chi connectivity index (χ2n) is 16.8. The molecule has 1 aromatic heterocycles. The van der Waals surface area contributed by atoms with Crippen molar-refractivity contribution >= 4 is 39.7 Å². The topological polar surface area (TPSA) is 11.4 Å². The highest BCUT2D eigenvalue weighted by molar-refractivity contribution is 5.94. The van der Waals surface area contributed by atoms with E-state index < -0.39 is 0 Å². The molecule has 0 fully saturated rings. The lowest BCUT2D eigenvalue weighted by atomic mass is 9.99. The molecule has 1 aliphatic rings. The van der Waals surface area contributed by atoms with Crippen LogP contribution >= 0.6 is 0 Å². The first-order valence-corrected chi connectivity index (χ1v) is 25.9. The smallest absolute Gasteiger partial charge is 0.0534 e. The molecule has 0 radical (unpaired) electrons. The number of anilines is 3. The number of allylic oxidation sites excluding steroid dienone is 15. The zero-order valence-corrected chi connectivity index (χ0v) is 47.6. The molecule has 1 atom stereocenters. The maximum absolute atomic E-state index is 4.06. The highest BCUT2D eigenvalue weighted by Gasteiger charge is 2.32. The Morgan fingerprint density at radius 1 is 0.704 bits per heavy atom. The van der Waals surface area contributed by atoms with Crippen LogP contribution in [0.3, 0.4) is 0 Å². The van der Waals surface area contributed by atoms with E-state index in [1.54, 1.807) is 0 Å². The number of fused-ring (bicyclic) bond motifs is 1. The number of para-hydroxylation sites is 3. The molecule has 0 N–H and O–H groups in total. The molecule has 3 nitrogen and oxygen atoms in total. The maximum Gasteiger partial charge on any atom is 0.0534 e.